The largest absolute Gasteiger partial charge is 0.350 e. The quantitative estimate of drug-likeness (QED) is 0.774. The lowest BCUT2D eigenvalue weighted by molar-refractivity contribution is -0.140. The molecule has 0 heterocycles. The predicted molar refractivity (Wildman–Crippen MR) is 97.6 cm³/mol. The molecule has 0 aliphatic heterocycles. The smallest absolute Gasteiger partial charge is 0.245 e. The summed E-state index contributed by atoms with van der Waals surface area (Å²) in [4.78, 5) is 38.0. The van der Waals surface area contributed by atoms with E-state index in [1.807, 2.05) is 0 Å². The van der Waals surface area contributed by atoms with Crippen LogP contribution >= 0.6 is 0 Å². The Morgan fingerprint density at radius 2 is 1.73 bits per heavy atom. The highest BCUT2D eigenvalue weighted by Gasteiger charge is 2.27. The molecule has 2 N–H and O–H groups in total. The Balaban J connectivity index is 2.56. The minimum atomic E-state index is -0.716. The van der Waals surface area contributed by atoms with Crippen LogP contribution in [0.4, 0.5) is 4.39 Å². The maximum absolute atomic E-state index is 12.9. The summed E-state index contributed by atoms with van der Waals surface area (Å²) in [5.41, 5.74) is 0.165. The number of benzene rings is 1. The van der Waals surface area contributed by atoms with Crippen LogP contribution in [0, 0.1) is 11.2 Å². The molecule has 1 aromatic rings. The monoisotopic (exact) mass is 365 g/mol. The van der Waals surface area contributed by atoms with E-state index in [1.54, 1.807) is 46.8 Å². The summed E-state index contributed by atoms with van der Waals surface area (Å²) in [5.74, 6) is -1.20. The van der Waals surface area contributed by atoms with Gasteiger partial charge in [-0.05, 0) is 31.5 Å². The lowest BCUT2D eigenvalue weighted by Crippen LogP contribution is -2.51. The molecule has 0 spiro atoms. The molecule has 1 rings (SSSR count). The van der Waals surface area contributed by atoms with Gasteiger partial charge in [0.15, 0.2) is 0 Å². The SMILES string of the molecule is CCN(CC(=O)NCc1ccc(F)cc1)C(=O)C(C)NC(=O)C(C)(C)C. The van der Waals surface area contributed by atoms with E-state index in [0.29, 0.717) is 6.54 Å². The average molecular weight is 365 g/mol. The molecular weight excluding hydrogens is 337 g/mol. The summed E-state index contributed by atoms with van der Waals surface area (Å²) in [5, 5.41) is 5.37. The lowest BCUT2D eigenvalue weighted by Gasteiger charge is -2.26. The van der Waals surface area contributed by atoms with Gasteiger partial charge >= 0.3 is 0 Å². The molecule has 6 nitrogen and oxygen atoms in total. The molecular formula is C19H28FN3O3. The Bertz CT molecular complexity index is 638. The van der Waals surface area contributed by atoms with Crippen molar-refractivity contribution in [2.75, 3.05) is 13.1 Å². The van der Waals surface area contributed by atoms with Crippen molar-refractivity contribution in [2.24, 2.45) is 5.41 Å². The van der Waals surface area contributed by atoms with Gasteiger partial charge in [0.1, 0.15) is 11.9 Å². The first kappa shape index (κ1) is 21.6. The van der Waals surface area contributed by atoms with Crippen molar-refractivity contribution < 1.29 is 18.8 Å². The van der Waals surface area contributed by atoms with Crippen molar-refractivity contribution in [1.29, 1.82) is 0 Å². The van der Waals surface area contributed by atoms with E-state index >= 15 is 0 Å². The number of hydrogen-bond acceptors (Lipinski definition) is 3. The van der Waals surface area contributed by atoms with Crippen LogP contribution in [0.15, 0.2) is 24.3 Å². The highest BCUT2D eigenvalue weighted by atomic mass is 19.1. The molecule has 0 saturated carbocycles. The third-order valence-electron chi connectivity index (χ3n) is 3.83. The van der Waals surface area contributed by atoms with Gasteiger partial charge in [0.2, 0.25) is 17.7 Å². The third-order valence-corrected chi connectivity index (χ3v) is 3.83. The second-order valence-electron chi connectivity index (χ2n) is 7.20. The Morgan fingerprint density at radius 1 is 1.15 bits per heavy atom. The van der Waals surface area contributed by atoms with Gasteiger partial charge in [0.25, 0.3) is 0 Å². The molecule has 7 heteroatoms. The van der Waals surface area contributed by atoms with E-state index in [-0.39, 0.29) is 36.6 Å². The number of nitrogens with zero attached hydrogens (tertiary/aromatic N) is 1. The maximum atomic E-state index is 12.9. The summed E-state index contributed by atoms with van der Waals surface area (Å²) in [6.07, 6.45) is 0. The van der Waals surface area contributed by atoms with Crippen LogP contribution < -0.4 is 10.6 Å². The Hall–Kier alpha value is -2.44. The molecule has 26 heavy (non-hydrogen) atoms. The number of amides is 3. The van der Waals surface area contributed by atoms with Crippen LogP contribution in [-0.4, -0.2) is 41.8 Å². The third kappa shape index (κ3) is 6.82. The van der Waals surface area contributed by atoms with Gasteiger partial charge in [-0.2, -0.15) is 0 Å². The molecule has 1 unspecified atom stereocenters. The van der Waals surface area contributed by atoms with Gasteiger partial charge in [-0.3, -0.25) is 14.4 Å². The summed E-state index contributed by atoms with van der Waals surface area (Å²) >= 11 is 0. The standard InChI is InChI=1S/C19H28FN3O3/c1-6-23(17(25)13(2)22-18(26)19(3,4)5)12-16(24)21-11-14-7-9-15(20)10-8-14/h7-10,13H,6,11-12H2,1-5H3,(H,21,24)(H,22,26). The van der Waals surface area contributed by atoms with Crippen molar-refractivity contribution in [3.05, 3.63) is 35.6 Å². The number of hydrogen-bond donors (Lipinski definition) is 2. The maximum Gasteiger partial charge on any atom is 0.245 e. The minimum Gasteiger partial charge on any atom is -0.350 e. The van der Waals surface area contributed by atoms with Crippen LogP contribution in [0.3, 0.4) is 0 Å². The Labute approximate surface area is 154 Å². The van der Waals surface area contributed by atoms with E-state index in [9.17, 15) is 18.8 Å². The average Bonchev–Trinajstić information content (AvgIpc) is 2.57. The molecule has 0 aliphatic carbocycles. The lowest BCUT2D eigenvalue weighted by atomic mass is 9.95. The number of nitrogens with one attached hydrogen (secondary N) is 2. The molecule has 0 saturated heterocycles. The number of carbonyl (C=O) groups is 3. The van der Waals surface area contributed by atoms with Crippen molar-refractivity contribution in [1.82, 2.24) is 15.5 Å². The van der Waals surface area contributed by atoms with Crippen molar-refractivity contribution >= 4 is 17.7 Å². The van der Waals surface area contributed by atoms with E-state index in [2.05, 4.69) is 10.6 Å². The van der Waals surface area contributed by atoms with Crippen LogP contribution in [0.1, 0.15) is 40.2 Å². The number of rotatable bonds is 7. The number of likely N-dealkylation sites (N-methyl/N-ethyl adjacent to an activating group) is 1. The van der Waals surface area contributed by atoms with Gasteiger partial charge in [-0.1, -0.05) is 32.9 Å². The molecule has 1 aromatic carbocycles. The van der Waals surface area contributed by atoms with Gasteiger partial charge in [0.05, 0.1) is 6.54 Å². The Kier molecular flexibility index (Phi) is 7.74. The molecule has 0 radical (unpaired) electrons. The van der Waals surface area contributed by atoms with Crippen LogP contribution in [-0.2, 0) is 20.9 Å². The van der Waals surface area contributed by atoms with E-state index in [4.69, 9.17) is 0 Å². The zero-order chi connectivity index (χ0) is 19.9. The molecule has 0 fully saturated rings. The van der Waals surface area contributed by atoms with E-state index < -0.39 is 11.5 Å². The molecule has 0 bridgehead atoms. The number of carbonyl (C=O) groups excluding carboxylic acids is 3. The predicted octanol–water partition coefficient (Wildman–Crippen LogP) is 1.84. The van der Waals surface area contributed by atoms with Gasteiger partial charge in [-0.15, -0.1) is 0 Å². The van der Waals surface area contributed by atoms with Crippen LogP contribution in [0.2, 0.25) is 0 Å². The highest BCUT2D eigenvalue weighted by molar-refractivity contribution is 5.91. The molecule has 0 aromatic heterocycles. The summed E-state index contributed by atoms with van der Waals surface area (Å²) < 4.78 is 12.9. The second-order valence-corrected chi connectivity index (χ2v) is 7.20. The topological polar surface area (TPSA) is 78.5 Å². The number of halogens is 1. The summed E-state index contributed by atoms with van der Waals surface area (Å²) in [7, 11) is 0. The molecule has 0 aliphatic rings. The fourth-order valence-corrected chi connectivity index (χ4v) is 2.13. The Morgan fingerprint density at radius 3 is 2.23 bits per heavy atom. The van der Waals surface area contributed by atoms with Gasteiger partial charge < -0.3 is 15.5 Å². The van der Waals surface area contributed by atoms with Crippen molar-refractivity contribution in [3.8, 4) is 0 Å². The zero-order valence-corrected chi connectivity index (χ0v) is 16.1. The fraction of sp³-hybridized carbons (Fsp3) is 0.526. The first-order chi connectivity index (χ1) is 12.0. The molecule has 1 atom stereocenters. The van der Waals surface area contributed by atoms with Gasteiger partial charge in [0, 0.05) is 18.5 Å². The summed E-state index contributed by atoms with van der Waals surface area (Å²) in [6.45, 7) is 9.15. The molecule has 144 valence electrons. The first-order valence-corrected chi connectivity index (χ1v) is 8.65. The highest BCUT2D eigenvalue weighted by Crippen LogP contribution is 2.13. The normalized spacial score (nSPS) is 12.2. The van der Waals surface area contributed by atoms with Crippen LogP contribution in [0.25, 0.3) is 0 Å². The van der Waals surface area contributed by atoms with E-state index in [0.717, 1.165) is 5.56 Å². The molecule has 3 amide bonds. The van der Waals surface area contributed by atoms with E-state index in [1.165, 1.54) is 17.0 Å². The fourth-order valence-electron chi connectivity index (χ4n) is 2.13. The van der Waals surface area contributed by atoms with Crippen LogP contribution in [0.5, 0.6) is 0 Å². The van der Waals surface area contributed by atoms with Crippen molar-refractivity contribution in [3.63, 3.8) is 0 Å². The summed E-state index contributed by atoms with van der Waals surface area (Å²) in [6, 6.07) is 5.10. The second kappa shape index (κ2) is 9.31. The van der Waals surface area contributed by atoms with Crippen molar-refractivity contribution in [2.45, 2.75) is 47.2 Å². The van der Waals surface area contributed by atoms with Gasteiger partial charge in [-0.25, -0.2) is 4.39 Å². The zero-order valence-electron chi connectivity index (χ0n) is 16.1. The minimum absolute atomic E-state index is 0.105. The first-order valence-electron chi connectivity index (χ1n) is 8.65.